The van der Waals surface area contributed by atoms with Gasteiger partial charge in [0.25, 0.3) is 0 Å². The lowest BCUT2D eigenvalue weighted by Crippen LogP contribution is -2.45. The average molecular weight is 256 g/mol. The molecule has 1 saturated carbocycles. The monoisotopic (exact) mass is 256 g/mol. The molecule has 98 valence electrons. The van der Waals surface area contributed by atoms with Gasteiger partial charge in [-0.1, -0.05) is 12.8 Å². The molecule has 1 atom stereocenters. The van der Waals surface area contributed by atoms with Gasteiger partial charge in [-0.25, -0.2) is 0 Å². The molecule has 0 spiro atoms. The zero-order valence-corrected chi connectivity index (χ0v) is 11.6. The molecule has 4 heteroatoms. The Kier molecular flexibility index (Phi) is 5.04. The first-order valence-corrected chi connectivity index (χ1v) is 7.30. The quantitative estimate of drug-likeness (QED) is 0.783. The molecule has 0 aromatic carbocycles. The summed E-state index contributed by atoms with van der Waals surface area (Å²) in [6.07, 6.45) is 9.28. The predicted molar refractivity (Wildman–Crippen MR) is 74.2 cm³/mol. The highest BCUT2D eigenvalue weighted by Gasteiger charge is 2.20. The molecule has 0 radical (unpaired) electrons. The van der Waals surface area contributed by atoms with Gasteiger partial charge in [-0.05, 0) is 44.3 Å². The number of nitrogens with zero attached hydrogens (tertiary/aromatic N) is 1. The maximum Gasteiger partial charge on any atom is 0.168 e. The van der Waals surface area contributed by atoms with Crippen LogP contribution in [0.25, 0.3) is 0 Å². The third-order valence-corrected chi connectivity index (χ3v) is 4.21. The molecule has 1 aliphatic carbocycles. The fraction of sp³-hybridized carbons (Fsp3) is 0.923. The van der Waals surface area contributed by atoms with Gasteiger partial charge in [0.15, 0.2) is 5.11 Å². The first-order valence-electron chi connectivity index (χ1n) is 6.89. The van der Waals surface area contributed by atoms with Crippen molar-refractivity contribution in [1.82, 2.24) is 10.2 Å². The smallest absolute Gasteiger partial charge is 0.168 e. The molecule has 0 amide bonds. The first-order chi connectivity index (χ1) is 8.25. The van der Waals surface area contributed by atoms with Gasteiger partial charge in [-0.15, -0.1) is 0 Å². The molecule has 17 heavy (non-hydrogen) atoms. The van der Waals surface area contributed by atoms with E-state index in [0.29, 0.717) is 12.1 Å². The van der Waals surface area contributed by atoms with E-state index in [-0.39, 0.29) is 0 Å². The van der Waals surface area contributed by atoms with Crippen LogP contribution in [0.15, 0.2) is 0 Å². The average Bonchev–Trinajstić information content (AvgIpc) is 2.83. The molecule has 1 saturated heterocycles. The third-order valence-electron chi connectivity index (χ3n) is 3.78. The summed E-state index contributed by atoms with van der Waals surface area (Å²) in [6, 6.07) is 0.609. The number of hydrogen-bond donors (Lipinski definition) is 1. The fourth-order valence-electron chi connectivity index (χ4n) is 2.69. The van der Waals surface area contributed by atoms with Crippen molar-refractivity contribution in [2.75, 3.05) is 20.2 Å². The van der Waals surface area contributed by atoms with Gasteiger partial charge in [0.2, 0.25) is 0 Å². The first kappa shape index (κ1) is 13.1. The van der Waals surface area contributed by atoms with E-state index in [4.69, 9.17) is 17.0 Å². The highest BCUT2D eigenvalue weighted by molar-refractivity contribution is 7.80. The highest BCUT2D eigenvalue weighted by Crippen LogP contribution is 2.18. The van der Waals surface area contributed by atoms with E-state index in [9.17, 15) is 0 Å². The van der Waals surface area contributed by atoms with Crippen LogP contribution in [0.2, 0.25) is 0 Å². The summed E-state index contributed by atoms with van der Waals surface area (Å²) in [6.45, 7) is 1.85. The van der Waals surface area contributed by atoms with Gasteiger partial charge in [-0.3, -0.25) is 0 Å². The molecule has 1 aliphatic heterocycles. The van der Waals surface area contributed by atoms with Crippen LogP contribution in [0.5, 0.6) is 0 Å². The van der Waals surface area contributed by atoms with E-state index in [2.05, 4.69) is 17.3 Å². The minimum absolute atomic E-state index is 0.372. The minimum Gasteiger partial charge on any atom is -0.376 e. The number of hydrogen-bond acceptors (Lipinski definition) is 2. The number of thiocarbonyl (C=S) groups is 1. The SMILES string of the molecule is CN(CC1CCCCO1)C(=S)NC1CCCC1. The number of ether oxygens (including phenoxy) is 1. The van der Waals surface area contributed by atoms with Crippen LogP contribution >= 0.6 is 12.2 Å². The van der Waals surface area contributed by atoms with Crippen molar-refractivity contribution in [3.8, 4) is 0 Å². The Hall–Kier alpha value is -0.350. The van der Waals surface area contributed by atoms with Gasteiger partial charge in [0.05, 0.1) is 6.10 Å². The minimum atomic E-state index is 0.372. The topological polar surface area (TPSA) is 24.5 Å². The number of rotatable bonds is 3. The van der Waals surface area contributed by atoms with Crippen molar-refractivity contribution in [3.05, 3.63) is 0 Å². The second-order valence-electron chi connectivity index (χ2n) is 5.30. The van der Waals surface area contributed by atoms with Crippen LogP contribution < -0.4 is 5.32 Å². The zero-order chi connectivity index (χ0) is 12.1. The maximum atomic E-state index is 5.74. The molecule has 0 aromatic rings. The molecule has 2 aliphatic rings. The van der Waals surface area contributed by atoms with Crippen molar-refractivity contribution >= 4 is 17.3 Å². The molecule has 3 nitrogen and oxygen atoms in total. The Labute approximate surface area is 110 Å². The van der Waals surface area contributed by atoms with Crippen LogP contribution in [0, 0.1) is 0 Å². The van der Waals surface area contributed by atoms with Crippen molar-refractivity contribution in [1.29, 1.82) is 0 Å². The Morgan fingerprint density at radius 1 is 1.24 bits per heavy atom. The van der Waals surface area contributed by atoms with Gasteiger partial charge < -0.3 is 15.0 Å². The number of nitrogens with one attached hydrogen (secondary N) is 1. The lowest BCUT2D eigenvalue weighted by atomic mass is 10.1. The third kappa shape index (κ3) is 4.11. The van der Waals surface area contributed by atoms with Crippen molar-refractivity contribution in [3.63, 3.8) is 0 Å². The normalized spacial score (nSPS) is 25.8. The summed E-state index contributed by atoms with van der Waals surface area (Å²) in [5.74, 6) is 0. The maximum absolute atomic E-state index is 5.74. The van der Waals surface area contributed by atoms with Crippen LogP contribution in [0.3, 0.4) is 0 Å². The lowest BCUT2D eigenvalue weighted by molar-refractivity contribution is 0.00702. The molecule has 2 rings (SSSR count). The van der Waals surface area contributed by atoms with E-state index in [1.807, 2.05) is 0 Å². The van der Waals surface area contributed by atoms with Gasteiger partial charge >= 0.3 is 0 Å². The summed E-state index contributed by atoms with van der Waals surface area (Å²) >= 11 is 5.44. The largest absolute Gasteiger partial charge is 0.376 e. The summed E-state index contributed by atoms with van der Waals surface area (Å²) in [7, 11) is 2.07. The lowest BCUT2D eigenvalue weighted by Gasteiger charge is -2.30. The van der Waals surface area contributed by atoms with Crippen molar-refractivity contribution in [2.45, 2.75) is 57.1 Å². The summed E-state index contributed by atoms with van der Waals surface area (Å²) in [5, 5.41) is 4.36. The highest BCUT2D eigenvalue weighted by atomic mass is 32.1. The van der Waals surface area contributed by atoms with E-state index >= 15 is 0 Å². The Morgan fingerprint density at radius 3 is 2.59 bits per heavy atom. The van der Waals surface area contributed by atoms with Crippen LogP contribution in [-0.2, 0) is 4.74 Å². The number of likely N-dealkylation sites (N-methyl/N-ethyl adjacent to an activating group) is 1. The van der Waals surface area contributed by atoms with Crippen LogP contribution in [0.4, 0.5) is 0 Å². The van der Waals surface area contributed by atoms with Gasteiger partial charge in [0.1, 0.15) is 0 Å². The van der Waals surface area contributed by atoms with E-state index in [0.717, 1.165) is 18.3 Å². The summed E-state index contributed by atoms with van der Waals surface area (Å²) in [5.41, 5.74) is 0. The van der Waals surface area contributed by atoms with Crippen LogP contribution in [-0.4, -0.2) is 42.4 Å². The molecule has 0 bridgehead atoms. The molecule has 1 heterocycles. The molecular formula is C13H24N2OS. The molecule has 0 aromatic heterocycles. The zero-order valence-electron chi connectivity index (χ0n) is 10.8. The van der Waals surface area contributed by atoms with Gasteiger partial charge in [-0.2, -0.15) is 0 Å². The fourth-order valence-corrected chi connectivity index (χ4v) is 2.94. The van der Waals surface area contributed by atoms with Crippen molar-refractivity contribution in [2.24, 2.45) is 0 Å². The van der Waals surface area contributed by atoms with E-state index < -0.39 is 0 Å². The second kappa shape index (κ2) is 6.55. The summed E-state index contributed by atoms with van der Waals surface area (Å²) < 4.78 is 5.74. The van der Waals surface area contributed by atoms with E-state index in [1.165, 1.54) is 44.9 Å². The van der Waals surface area contributed by atoms with Crippen molar-refractivity contribution < 1.29 is 4.74 Å². The second-order valence-corrected chi connectivity index (χ2v) is 5.69. The van der Waals surface area contributed by atoms with Crippen LogP contribution in [0.1, 0.15) is 44.9 Å². The summed E-state index contributed by atoms with van der Waals surface area (Å²) in [4.78, 5) is 2.14. The Bertz CT molecular complexity index is 248. The molecule has 1 unspecified atom stereocenters. The standard InChI is InChI=1S/C13H24N2OS/c1-15(10-12-8-4-5-9-16-12)13(17)14-11-6-2-3-7-11/h11-12H,2-10H2,1H3,(H,14,17). The van der Waals surface area contributed by atoms with E-state index in [1.54, 1.807) is 0 Å². The Balaban J connectivity index is 1.70. The molecule has 1 N–H and O–H groups in total. The predicted octanol–water partition coefficient (Wildman–Crippen LogP) is 2.30. The molecule has 2 fully saturated rings. The molecular weight excluding hydrogens is 232 g/mol. The Morgan fingerprint density at radius 2 is 1.94 bits per heavy atom. The van der Waals surface area contributed by atoms with Gasteiger partial charge in [0, 0.05) is 26.2 Å².